The molecule has 0 N–H and O–H groups in total. The van der Waals surface area contributed by atoms with Crippen molar-refractivity contribution in [2.75, 3.05) is 0 Å². The molecule has 0 aliphatic heterocycles. The second-order valence-corrected chi connectivity index (χ2v) is 3.88. The van der Waals surface area contributed by atoms with E-state index in [1.807, 2.05) is 0 Å². The van der Waals surface area contributed by atoms with Crippen molar-refractivity contribution in [2.24, 2.45) is 0 Å². The lowest BCUT2D eigenvalue weighted by atomic mass is 10.2. The summed E-state index contributed by atoms with van der Waals surface area (Å²) >= 11 is 0. The fourth-order valence-corrected chi connectivity index (χ4v) is 1.45. The quantitative estimate of drug-likeness (QED) is 0.763. The molecule has 0 radical (unpaired) electrons. The maximum atomic E-state index is 13.6. The van der Waals surface area contributed by atoms with Gasteiger partial charge in [0.05, 0.1) is 5.56 Å². The van der Waals surface area contributed by atoms with Crippen LogP contribution in [0.1, 0.15) is 11.1 Å². The van der Waals surface area contributed by atoms with E-state index in [1.54, 1.807) is 6.07 Å². The number of benzene rings is 1. The predicted molar refractivity (Wildman–Crippen MR) is 65.8 cm³/mol. The van der Waals surface area contributed by atoms with Gasteiger partial charge in [-0.05, 0) is 23.8 Å². The molecule has 0 fully saturated rings. The molecule has 2 nitrogen and oxygen atoms in total. The average molecular weight is 283 g/mol. The van der Waals surface area contributed by atoms with Gasteiger partial charge in [-0.1, -0.05) is 18.7 Å². The summed E-state index contributed by atoms with van der Waals surface area (Å²) in [5.41, 5.74) is -0.331. The topological polar surface area (TPSA) is 22.1 Å². The van der Waals surface area contributed by atoms with E-state index < -0.39 is 17.6 Å². The Bertz CT molecular complexity index is 620. The maximum absolute atomic E-state index is 13.6. The smallest absolute Gasteiger partial charge is 0.417 e. The Kier molecular flexibility index (Phi) is 3.74. The van der Waals surface area contributed by atoms with Crippen LogP contribution in [0.2, 0.25) is 0 Å². The Balaban J connectivity index is 2.20. The third kappa shape index (κ3) is 3.14. The molecule has 0 bridgehead atoms. The van der Waals surface area contributed by atoms with Gasteiger partial charge in [0.15, 0.2) is 11.6 Å². The highest BCUT2D eigenvalue weighted by molar-refractivity contribution is 5.49. The van der Waals surface area contributed by atoms with Crippen molar-refractivity contribution in [3.8, 4) is 11.6 Å². The fourth-order valence-electron chi connectivity index (χ4n) is 1.45. The first-order chi connectivity index (χ1) is 9.40. The van der Waals surface area contributed by atoms with Crippen LogP contribution in [0.5, 0.6) is 11.6 Å². The first-order valence-corrected chi connectivity index (χ1v) is 5.53. The molecule has 0 atom stereocenters. The Hall–Kier alpha value is -2.37. The zero-order valence-electron chi connectivity index (χ0n) is 10.1. The van der Waals surface area contributed by atoms with Crippen molar-refractivity contribution in [3.05, 3.63) is 60.1 Å². The highest BCUT2D eigenvalue weighted by Gasteiger charge is 2.30. The minimum atomic E-state index is -4.47. The molecule has 0 saturated carbocycles. The number of rotatable bonds is 3. The summed E-state index contributed by atoms with van der Waals surface area (Å²) < 4.78 is 55.7. The number of nitrogens with zero attached hydrogens (tertiary/aromatic N) is 1. The van der Waals surface area contributed by atoms with E-state index in [-0.39, 0.29) is 11.6 Å². The third-order valence-electron chi connectivity index (χ3n) is 2.47. The van der Waals surface area contributed by atoms with Gasteiger partial charge in [0.25, 0.3) is 0 Å². The second-order valence-electron chi connectivity index (χ2n) is 3.88. The Morgan fingerprint density at radius 3 is 2.40 bits per heavy atom. The molecule has 104 valence electrons. The van der Waals surface area contributed by atoms with E-state index in [0.29, 0.717) is 11.8 Å². The van der Waals surface area contributed by atoms with Crippen LogP contribution in [0.3, 0.4) is 0 Å². The van der Waals surface area contributed by atoms with E-state index in [4.69, 9.17) is 4.74 Å². The largest absolute Gasteiger partial charge is 0.436 e. The molecule has 0 spiro atoms. The molecule has 2 rings (SSSR count). The van der Waals surface area contributed by atoms with Crippen LogP contribution >= 0.6 is 0 Å². The number of aromatic nitrogens is 1. The van der Waals surface area contributed by atoms with Crippen molar-refractivity contribution in [1.82, 2.24) is 4.98 Å². The summed E-state index contributed by atoms with van der Waals surface area (Å²) in [5.74, 6) is -0.893. The van der Waals surface area contributed by atoms with Crippen LogP contribution < -0.4 is 4.74 Å². The van der Waals surface area contributed by atoms with E-state index >= 15 is 0 Å². The lowest BCUT2D eigenvalue weighted by molar-refractivity contribution is -0.137. The molecule has 0 saturated heterocycles. The lowest BCUT2D eigenvalue weighted by Gasteiger charge is -2.08. The number of pyridine rings is 1. The van der Waals surface area contributed by atoms with Gasteiger partial charge < -0.3 is 4.74 Å². The molecular weight excluding hydrogens is 274 g/mol. The van der Waals surface area contributed by atoms with Gasteiger partial charge in [0, 0.05) is 12.3 Å². The first-order valence-electron chi connectivity index (χ1n) is 5.53. The number of ether oxygens (including phenoxy) is 1. The van der Waals surface area contributed by atoms with Gasteiger partial charge in [-0.2, -0.15) is 13.2 Å². The summed E-state index contributed by atoms with van der Waals surface area (Å²) in [5, 5.41) is 0. The molecule has 0 aliphatic rings. The third-order valence-corrected chi connectivity index (χ3v) is 2.47. The van der Waals surface area contributed by atoms with Gasteiger partial charge in [-0.3, -0.25) is 0 Å². The minimum absolute atomic E-state index is 0.122. The number of alkyl halides is 3. The molecule has 0 amide bonds. The van der Waals surface area contributed by atoms with Crippen LogP contribution in [-0.2, 0) is 6.18 Å². The molecule has 1 heterocycles. The molecule has 0 unspecified atom stereocenters. The van der Waals surface area contributed by atoms with Crippen LogP contribution in [0, 0.1) is 5.82 Å². The van der Waals surface area contributed by atoms with Crippen LogP contribution in [0.25, 0.3) is 6.08 Å². The number of hydrogen-bond acceptors (Lipinski definition) is 2. The fraction of sp³-hybridized carbons (Fsp3) is 0.0714. The molecule has 1 aromatic carbocycles. The summed E-state index contributed by atoms with van der Waals surface area (Å²) in [7, 11) is 0. The predicted octanol–water partition coefficient (Wildman–Crippen LogP) is 4.67. The SMILES string of the molecule is C=Cc1ccc(Oc2ccc(C(F)(F)F)cn2)c(F)c1. The first kappa shape index (κ1) is 14.0. The molecule has 2 aromatic rings. The van der Waals surface area contributed by atoms with Crippen molar-refractivity contribution in [1.29, 1.82) is 0 Å². The molecule has 20 heavy (non-hydrogen) atoms. The summed E-state index contributed by atoms with van der Waals surface area (Å²) in [6.07, 6.45) is -2.38. The summed E-state index contributed by atoms with van der Waals surface area (Å²) in [4.78, 5) is 3.50. The van der Waals surface area contributed by atoms with E-state index in [0.717, 1.165) is 12.1 Å². The molecule has 0 aliphatic carbocycles. The van der Waals surface area contributed by atoms with Gasteiger partial charge in [-0.15, -0.1) is 0 Å². The maximum Gasteiger partial charge on any atom is 0.417 e. The molecule has 1 aromatic heterocycles. The standard InChI is InChI=1S/C14H9F4NO/c1-2-9-3-5-12(11(15)7-9)20-13-6-4-10(8-19-13)14(16,17)18/h2-8H,1H2. The van der Waals surface area contributed by atoms with Crippen LogP contribution in [-0.4, -0.2) is 4.98 Å². The van der Waals surface area contributed by atoms with Crippen molar-refractivity contribution in [2.45, 2.75) is 6.18 Å². The Morgan fingerprint density at radius 1 is 1.15 bits per heavy atom. The van der Waals surface area contributed by atoms with Gasteiger partial charge in [0.1, 0.15) is 0 Å². The molecule has 6 heteroatoms. The lowest BCUT2D eigenvalue weighted by Crippen LogP contribution is -2.05. The Morgan fingerprint density at radius 2 is 1.90 bits per heavy atom. The van der Waals surface area contributed by atoms with Gasteiger partial charge in [0.2, 0.25) is 5.88 Å². The number of halogens is 4. The van der Waals surface area contributed by atoms with Crippen LogP contribution in [0.4, 0.5) is 17.6 Å². The second kappa shape index (κ2) is 5.32. The van der Waals surface area contributed by atoms with Crippen LogP contribution in [0.15, 0.2) is 43.1 Å². The van der Waals surface area contributed by atoms with Crippen molar-refractivity contribution in [3.63, 3.8) is 0 Å². The summed E-state index contributed by atoms with van der Waals surface area (Å²) in [6.45, 7) is 3.49. The summed E-state index contributed by atoms with van der Waals surface area (Å²) in [6, 6.07) is 5.97. The van der Waals surface area contributed by atoms with Gasteiger partial charge >= 0.3 is 6.18 Å². The van der Waals surface area contributed by atoms with Gasteiger partial charge in [-0.25, -0.2) is 9.37 Å². The van der Waals surface area contributed by atoms with Crippen molar-refractivity contribution < 1.29 is 22.3 Å². The minimum Gasteiger partial charge on any atom is -0.436 e. The zero-order chi connectivity index (χ0) is 14.8. The monoisotopic (exact) mass is 283 g/mol. The highest BCUT2D eigenvalue weighted by atomic mass is 19.4. The van der Waals surface area contributed by atoms with E-state index in [2.05, 4.69) is 11.6 Å². The zero-order valence-corrected chi connectivity index (χ0v) is 10.1. The highest BCUT2D eigenvalue weighted by Crippen LogP contribution is 2.30. The normalized spacial score (nSPS) is 11.2. The molecular formula is C14H9F4NO. The number of hydrogen-bond donors (Lipinski definition) is 0. The van der Waals surface area contributed by atoms with E-state index in [9.17, 15) is 17.6 Å². The Labute approximate surface area is 112 Å². The van der Waals surface area contributed by atoms with E-state index in [1.165, 1.54) is 18.2 Å². The van der Waals surface area contributed by atoms with Crippen molar-refractivity contribution >= 4 is 6.08 Å². The average Bonchev–Trinajstić information content (AvgIpc) is 2.40.